The molecule has 0 aliphatic carbocycles. The van der Waals surface area contributed by atoms with E-state index in [0.29, 0.717) is 0 Å². The second-order valence-electron chi connectivity index (χ2n) is 7.20. The third kappa shape index (κ3) is 3.66. The topological polar surface area (TPSA) is 35.5 Å². The molecule has 3 nitrogen and oxygen atoms in total. The van der Waals surface area contributed by atoms with Crippen LogP contribution in [0.4, 0.5) is 0 Å². The molecule has 1 aromatic carbocycles. The van der Waals surface area contributed by atoms with E-state index in [1.807, 2.05) is 6.08 Å². The maximum Gasteiger partial charge on any atom is 0.308 e. The molecule has 0 amide bonds. The van der Waals surface area contributed by atoms with Gasteiger partial charge in [-0.1, -0.05) is 32.8 Å². The molecule has 0 unspecified atom stereocenters. The summed E-state index contributed by atoms with van der Waals surface area (Å²) in [4.78, 5) is 11.7. The van der Waals surface area contributed by atoms with Crippen molar-refractivity contribution in [2.75, 3.05) is 0 Å². The van der Waals surface area contributed by atoms with Gasteiger partial charge in [-0.2, -0.15) is 0 Å². The predicted molar refractivity (Wildman–Crippen MR) is 98.1 cm³/mol. The summed E-state index contributed by atoms with van der Waals surface area (Å²) < 4.78 is 12.1. The molecule has 1 aliphatic heterocycles. The Hall–Kier alpha value is -1.77. The smallest absolute Gasteiger partial charge is 0.308 e. The summed E-state index contributed by atoms with van der Waals surface area (Å²) in [6.45, 7) is 13.9. The summed E-state index contributed by atoms with van der Waals surface area (Å²) in [6.07, 6.45) is 7.26. The zero-order valence-corrected chi connectivity index (χ0v) is 15.8. The highest BCUT2D eigenvalue weighted by Gasteiger charge is 2.37. The number of hydrogen-bond donors (Lipinski definition) is 0. The summed E-state index contributed by atoms with van der Waals surface area (Å²) in [5, 5.41) is 0. The standard InChI is InChI=1S/C21H30O3/c1-7-10-15-16(11-8-2)20-18(13-21(5,6)24-20)17(12-9-3)19(15)23-14(4)22/h8H,2,7,9-13H2,1,3-6H3. The Labute approximate surface area is 146 Å². The largest absolute Gasteiger partial charge is 0.487 e. The van der Waals surface area contributed by atoms with Gasteiger partial charge in [-0.05, 0) is 33.1 Å². The number of rotatable bonds is 7. The van der Waals surface area contributed by atoms with Gasteiger partial charge in [0.1, 0.15) is 17.1 Å². The second-order valence-corrected chi connectivity index (χ2v) is 7.20. The van der Waals surface area contributed by atoms with E-state index in [9.17, 15) is 4.79 Å². The zero-order valence-electron chi connectivity index (χ0n) is 15.8. The van der Waals surface area contributed by atoms with Gasteiger partial charge in [0.2, 0.25) is 0 Å². The van der Waals surface area contributed by atoms with Crippen LogP contribution in [0, 0.1) is 0 Å². The first kappa shape index (κ1) is 18.6. The van der Waals surface area contributed by atoms with Gasteiger partial charge in [-0.25, -0.2) is 0 Å². The molecule has 0 saturated carbocycles. The third-order valence-electron chi connectivity index (χ3n) is 4.40. The summed E-state index contributed by atoms with van der Waals surface area (Å²) in [6, 6.07) is 0. The fourth-order valence-corrected chi connectivity index (χ4v) is 3.62. The quantitative estimate of drug-likeness (QED) is 0.403. The van der Waals surface area contributed by atoms with Crippen LogP contribution in [0.2, 0.25) is 0 Å². The first-order valence-electron chi connectivity index (χ1n) is 9.02. The molecule has 0 spiro atoms. The number of carbonyl (C=O) groups excluding carboxylic acids is 1. The Morgan fingerprint density at radius 1 is 1.21 bits per heavy atom. The van der Waals surface area contributed by atoms with Crippen molar-refractivity contribution in [1.29, 1.82) is 0 Å². The lowest BCUT2D eigenvalue weighted by Gasteiger charge is -2.22. The SMILES string of the molecule is C=CCc1c(CCC)c(OC(C)=O)c(CCC)c2c1OC(C)(C)C2. The summed E-state index contributed by atoms with van der Waals surface area (Å²) in [5.41, 5.74) is 4.41. The fourth-order valence-electron chi connectivity index (χ4n) is 3.62. The van der Waals surface area contributed by atoms with E-state index >= 15 is 0 Å². The number of fused-ring (bicyclic) bond motifs is 1. The predicted octanol–water partition coefficient (Wildman–Crippen LogP) is 4.96. The van der Waals surface area contributed by atoms with E-state index in [1.165, 1.54) is 12.5 Å². The average molecular weight is 330 g/mol. The van der Waals surface area contributed by atoms with Crippen LogP contribution in [0.1, 0.15) is 69.7 Å². The Bertz CT molecular complexity index is 641. The minimum absolute atomic E-state index is 0.223. The van der Waals surface area contributed by atoms with Crippen LogP contribution in [-0.2, 0) is 30.5 Å². The highest BCUT2D eigenvalue weighted by molar-refractivity contribution is 5.73. The molecule has 3 heteroatoms. The minimum atomic E-state index is -0.257. The van der Waals surface area contributed by atoms with Gasteiger partial charge in [-0.15, -0.1) is 6.58 Å². The van der Waals surface area contributed by atoms with Gasteiger partial charge >= 0.3 is 5.97 Å². The number of ether oxygens (including phenoxy) is 2. The maximum atomic E-state index is 11.7. The first-order chi connectivity index (χ1) is 11.3. The van der Waals surface area contributed by atoms with Crippen molar-refractivity contribution in [3.63, 3.8) is 0 Å². The van der Waals surface area contributed by atoms with Gasteiger partial charge in [0.15, 0.2) is 0 Å². The van der Waals surface area contributed by atoms with Crippen molar-refractivity contribution >= 4 is 5.97 Å². The molecule has 1 heterocycles. The Morgan fingerprint density at radius 2 is 1.83 bits per heavy atom. The normalized spacial score (nSPS) is 14.9. The van der Waals surface area contributed by atoms with Crippen molar-refractivity contribution in [1.82, 2.24) is 0 Å². The molecule has 0 radical (unpaired) electrons. The summed E-state index contributed by atoms with van der Waals surface area (Å²) >= 11 is 0. The first-order valence-corrected chi connectivity index (χ1v) is 9.02. The second kappa shape index (κ2) is 7.42. The molecule has 0 fully saturated rings. The number of esters is 1. The van der Waals surface area contributed by atoms with E-state index in [2.05, 4.69) is 34.3 Å². The molecular weight excluding hydrogens is 300 g/mol. The van der Waals surface area contributed by atoms with Crippen molar-refractivity contribution < 1.29 is 14.3 Å². The molecule has 2 rings (SSSR count). The summed E-state index contributed by atoms with van der Waals surface area (Å²) in [7, 11) is 0. The van der Waals surface area contributed by atoms with Crippen LogP contribution >= 0.6 is 0 Å². The van der Waals surface area contributed by atoms with Gasteiger partial charge in [-0.3, -0.25) is 4.79 Å². The molecule has 0 saturated heterocycles. The van der Waals surface area contributed by atoms with Crippen molar-refractivity contribution in [3.05, 3.63) is 34.9 Å². The molecule has 0 bridgehead atoms. The van der Waals surface area contributed by atoms with Crippen molar-refractivity contribution in [2.24, 2.45) is 0 Å². The van der Waals surface area contributed by atoms with Gasteiger partial charge in [0, 0.05) is 35.6 Å². The number of carbonyl (C=O) groups is 1. The molecule has 0 aromatic heterocycles. The maximum absolute atomic E-state index is 11.7. The van der Waals surface area contributed by atoms with Crippen LogP contribution in [-0.4, -0.2) is 11.6 Å². The number of hydrogen-bond acceptors (Lipinski definition) is 3. The monoisotopic (exact) mass is 330 g/mol. The molecule has 1 aromatic rings. The van der Waals surface area contributed by atoms with Crippen LogP contribution in [0.25, 0.3) is 0 Å². The average Bonchev–Trinajstić information content (AvgIpc) is 2.81. The third-order valence-corrected chi connectivity index (χ3v) is 4.40. The van der Waals surface area contributed by atoms with E-state index in [4.69, 9.17) is 9.47 Å². The molecular formula is C21H30O3. The van der Waals surface area contributed by atoms with Gasteiger partial charge in [0.25, 0.3) is 0 Å². The molecule has 0 N–H and O–H groups in total. The van der Waals surface area contributed by atoms with E-state index in [1.54, 1.807) is 0 Å². The molecule has 0 atom stereocenters. The lowest BCUT2D eigenvalue weighted by molar-refractivity contribution is -0.132. The number of benzene rings is 1. The van der Waals surface area contributed by atoms with Crippen molar-refractivity contribution in [2.45, 2.75) is 78.7 Å². The van der Waals surface area contributed by atoms with E-state index in [0.717, 1.165) is 66.7 Å². The number of allylic oxidation sites excluding steroid dienone is 1. The van der Waals surface area contributed by atoms with Crippen LogP contribution in [0.15, 0.2) is 12.7 Å². The lowest BCUT2D eigenvalue weighted by Crippen LogP contribution is -2.25. The van der Waals surface area contributed by atoms with Gasteiger partial charge in [0.05, 0.1) is 0 Å². The molecule has 1 aliphatic rings. The molecule has 24 heavy (non-hydrogen) atoms. The van der Waals surface area contributed by atoms with Crippen LogP contribution < -0.4 is 9.47 Å². The highest BCUT2D eigenvalue weighted by Crippen LogP contribution is 2.47. The van der Waals surface area contributed by atoms with Crippen LogP contribution in [0.3, 0.4) is 0 Å². The van der Waals surface area contributed by atoms with E-state index < -0.39 is 0 Å². The molecule has 132 valence electrons. The zero-order chi connectivity index (χ0) is 17.9. The lowest BCUT2D eigenvalue weighted by atomic mass is 9.87. The van der Waals surface area contributed by atoms with Crippen LogP contribution in [0.5, 0.6) is 11.5 Å². The highest BCUT2D eigenvalue weighted by atomic mass is 16.5. The van der Waals surface area contributed by atoms with Gasteiger partial charge < -0.3 is 9.47 Å². The van der Waals surface area contributed by atoms with E-state index in [-0.39, 0.29) is 11.6 Å². The fraction of sp³-hybridized carbons (Fsp3) is 0.571. The van der Waals surface area contributed by atoms with Crippen molar-refractivity contribution in [3.8, 4) is 11.5 Å². The minimum Gasteiger partial charge on any atom is -0.487 e. The Balaban J connectivity index is 2.77. The summed E-state index contributed by atoms with van der Waals surface area (Å²) in [5.74, 6) is 1.53. The Kier molecular flexibility index (Phi) is 5.74. The Morgan fingerprint density at radius 3 is 2.38 bits per heavy atom.